The highest BCUT2D eigenvalue weighted by atomic mass is 16.5. The minimum Gasteiger partial charge on any atom is -0.373 e. The summed E-state index contributed by atoms with van der Waals surface area (Å²) in [4.78, 5) is 0. The average Bonchev–Trinajstić information content (AvgIpc) is 1.92. The maximum atomic E-state index is 6.11. The molecule has 2 heterocycles. The van der Waals surface area contributed by atoms with Crippen molar-refractivity contribution in [2.45, 2.75) is 50.4 Å². The zero-order chi connectivity index (χ0) is 7.19. The Hall–Kier alpha value is -0.0800. The molecule has 3 aliphatic rings. The van der Waals surface area contributed by atoms with Gasteiger partial charge in [-0.3, -0.25) is 0 Å². The molecule has 3 fully saturated rings. The van der Waals surface area contributed by atoms with E-state index in [1.807, 2.05) is 0 Å². The van der Waals surface area contributed by atoms with Crippen LogP contribution in [-0.2, 0) is 4.74 Å². The SMILES string of the molecule is CC1OC2CCC1(N)CC2. The van der Waals surface area contributed by atoms with Gasteiger partial charge < -0.3 is 10.5 Å². The molecule has 0 spiro atoms. The van der Waals surface area contributed by atoms with Crippen LogP contribution in [0, 0.1) is 0 Å². The number of hydrogen-bond acceptors (Lipinski definition) is 2. The van der Waals surface area contributed by atoms with Crippen LogP contribution >= 0.6 is 0 Å². The Morgan fingerprint density at radius 1 is 1.40 bits per heavy atom. The lowest BCUT2D eigenvalue weighted by Crippen LogP contribution is -2.59. The zero-order valence-corrected chi connectivity index (χ0v) is 6.47. The average molecular weight is 141 g/mol. The van der Waals surface area contributed by atoms with E-state index < -0.39 is 0 Å². The van der Waals surface area contributed by atoms with Crippen LogP contribution in [0.25, 0.3) is 0 Å². The summed E-state index contributed by atoms with van der Waals surface area (Å²) in [5.74, 6) is 0. The van der Waals surface area contributed by atoms with Crippen LogP contribution < -0.4 is 5.73 Å². The first-order chi connectivity index (χ1) is 4.71. The molecule has 0 aromatic heterocycles. The van der Waals surface area contributed by atoms with Crippen LogP contribution in [0.2, 0.25) is 0 Å². The number of fused-ring (bicyclic) bond motifs is 3. The van der Waals surface area contributed by atoms with E-state index in [9.17, 15) is 0 Å². The van der Waals surface area contributed by atoms with Crippen molar-refractivity contribution >= 4 is 0 Å². The molecular weight excluding hydrogens is 126 g/mol. The smallest absolute Gasteiger partial charge is 0.0730 e. The van der Waals surface area contributed by atoms with Crippen LogP contribution in [0.4, 0.5) is 0 Å². The second kappa shape index (κ2) is 1.95. The second-order valence-corrected chi connectivity index (χ2v) is 3.71. The number of nitrogens with two attached hydrogens (primary N) is 1. The molecular formula is C8H15NO. The zero-order valence-electron chi connectivity index (χ0n) is 6.47. The van der Waals surface area contributed by atoms with Gasteiger partial charge in [0.15, 0.2) is 0 Å². The fraction of sp³-hybridized carbons (Fsp3) is 1.00. The minimum atomic E-state index is 0.0226. The maximum Gasteiger partial charge on any atom is 0.0730 e. The molecule has 0 aromatic carbocycles. The lowest BCUT2D eigenvalue weighted by Gasteiger charge is -2.48. The van der Waals surface area contributed by atoms with E-state index >= 15 is 0 Å². The van der Waals surface area contributed by atoms with Crippen molar-refractivity contribution in [1.29, 1.82) is 0 Å². The van der Waals surface area contributed by atoms with Crippen molar-refractivity contribution in [3.8, 4) is 0 Å². The monoisotopic (exact) mass is 141 g/mol. The van der Waals surface area contributed by atoms with E-state index in [0.29, 0.717) is 12.2 Å². The molecule has 2 nitrogen and oxygen atoms in total. The van der Waals surface area contributed by atoms with Gasteiger partial charge in [-0.05, 0) is 32.6 Å². The van der Waals surface area contributed by atoms with Gasteiger partial charge in [0.25, 0.3) is 0 Å². The van der Waals surface area contributed by atoms with Gasteiger partial charge in [0, 0.05) is 5.54 Å². The van der Waals surface area contributed by atoms with Crippen LogP contribution in [0.1, 0.15) is 32.6 Å². The first kappa shape index (κ1) is 6.62. The molecule has 10 heavy (non-hydrogen) atoms. The third-order valence-corrected chi connectivity index (χ3v) is 3.07. The lowest BCUT2D eigenvalue weighted by atomic mass is 9.75. The normalized spacial score (nSPS) is 53.4. The van der Waals surface area contributed by atoms with E-state index in [-0.39, 0.29) is 5.54 Å². The molecule has 0 aromatic rings. The van der Waals surface area contributed by atoms with Crippen molar-refractivity contribution < 1.29 is 4.74 Å². The van der Waals surface area contributed by atoms with E-state index in [1.165, 1.54) is 25.7 Å². The fourth-order valence-corrected chi connectivity index (χ4v) is 2.10. The summed E-state index contributed by atoms with van der Waals surface area (Å²) in [5.41, 5.74) is 6.14. The van der Waals surface area contributed by atoms with Gasteiger partial charge in [-0.25, -0.2) is 0 Å². The summed E-state index contributed by atoms with van der Waals surface area (Å²) in [6.07, 6.45) is 5.51. The summed E-state index contributed by atoms with van der Waals surface area (Å²) in [6.45, 7) is 2.10. The summed E-state index contributed by atoms with van der Waals surface area (Å²) in [7, 11) is 0. The summed E-state index contributed by atoms with van der Waals surface area (Å²) in [6, 6.07) is 0. The van der Waals surface area contributed by atoms with E-state index in [0.717, 1.165) is 0 Å². The third kappa shape index (κ3) is 0.789. The van der Waals surface area contributed by atoms with Crippen molar-refractivity contribution in [1.82, 2.24) is 0 Å². The molecule has 2 aliphatic heterocycles. The Morgan fingerprint density at radius 3 is 2.30 bits per heavy atom. The molecule has 1 saturated carbocycles. The largest absolute Gasteiger partial charge is 0.373 e. The molecule has 2 heteroatoms. The van der Waals surface area contributed by atoms with Crippen LogP contribution in [0.5, 0.6) is 0 Å². The Bertz CT molecular complexity index is 138. The van der Waals surface area contributed by atoms with Crippen molar-refractivity contribution in [3.05, 3.63) is 0 Å². The van der Waals surface area contributed by atoms with E-state index in [4.69, 9.17) is 10.5 Å². The predicted octanol–water partition coefficient (Wildman–Crippen LogP) is 1.05. The van der Waals surface area contributed by atoms with Crippen LogP contribution in [0.3, 0.4) is 0 Å². The second-order valence-electron chi connectivity index (χ2n) is 3.71. The first-order valence-electron chi connectivity index (χ1n) is 4.15. The standard InChI is InChI=1S/C8H15NO/c1-6-8(9)4-2-7(10-6)3-5-8/h6-7H,2-5,9H2,1H3. The van der Waals surface area contributed by atoms with Crippen molar-refractivity contribution in [3.63, 3.8) is 0 Å². The third-order valence-electron chi connectivity index (χ3n) is 3.07. The van der Waals surface area contributed by atoms with Gasteiger partial charge in [0.1, 0.15) is 0 Å². The van der Waals surface area contributed by atoms with Crippen molar-refractivity contribution in [2.24, 2.45) is 5.73 Å². The Morgan fingerprint density at radius 2 is 2.00 bits per heavy atom. The highest BCUT2D eigenvalue weighted by molar-refractivity contribution is 4.99. The molecule has 3 rings (SSSR count). The van der Waals surface area contributed by atoms with Gasteiger partial charge in [-0.15, -0.1) is 0 Å². The first-order valence-corrected chi connectivity index (χ1v) is 4.15. The van der Waals surface area contributed by atoms with Gasteiger partial charge in [0.05, 0.1) is 12.2 Å². The molecule has 2 bridgehead atoms. The van der Waals surface area contributed by atoms with E-state index in [2.05, 4.69) is 6.92 Å². The number of hydrogen-bond donors (Lipinski definition) is 1. The molecule has 2 saturated heterocycles. The van der Waals surface area contributed by atoms with Gasteiger partial charge in [0.2, 0.25) is 0 Å². The molecule has 0 radical (unpaired) electrons. The Labute approximate surface area is 61.7 Å². The fourth-order valence-electron chi connectivity index (χ4n) is 2.10. The van der Waals surface area contributed by atoms with Gasteiger partial charge >= 0.3 is 0 Å². The minimum absolute atomic E-state index is 0.0226. The van der Waals surface area contributed by atoms with Crippen molar-refractivity contribution in [2.75, 3.05) is 0 Å². The molecule has 0 amide bonds. The van der Waals surface area contributed by atoms with Crippen LogP contribution in [-0.4, -0.2) is 17.7 Å². The molecule has 1 unspecified atom stereocenters. The number of rotatable bonds is 0. The molecule has 1 aliphatic carbocycles. The Balaban J connectivity index is 2.17. The highest BCUT2D eigenvalue weighted by Crippen LogP contribution is 2.38. The number of ether oxygens (including phenoxy) is 1. The summed E-state index contributed by atoms with van der Waals surface area (Å²) >= 11 is 0. The quantitative estimate of drug-likeness (QED) is 0.547. The van der Waals surface area contributed by atoms with E-state index in [1.54, 1.807) is 0 Å². The van der Waals surface area contributed by atoms with Crippen LogP contribution in [0.15, 0.2) is 0 Å². The summed E-state index contributed by atoms with van der Waals surface area (Å²) < 4.78 is 5.66. The topological polar surface area (TPSA) is 35.2 Å². The highest BCUT2D eigenvalue weighted by Gasteiger charge is 2.43. The molecule has 2 N–H and O–H groups in total. The predicted molar refractivity (Wildman–Crippen MR) is 39.7 cm³/mol. The van der Waals surface area contributed by atoms with Gasteiger partial charge in [-0.2, -0.15) is 0 Å². The summed E-state index contributed by atoms with van der Waals surface area (Å²) in [5, 5.41) is 0. The maximum absolute atomic E-state index is 6.11. The molecule has 58 valence electrons. The molecule has 1 atom stereocenters. The lowest BCUT2D eigenvalue weighted by molar-refractivity contribution is -0.127. The Kier molecular flexibility index (Phi) is 1.29. The van der Waals surface area contributed by atoms with Gasteiger partial charge in [-0.1, -0.05) is 0 Å².